The summed E-state index contributed by atoms with van der Waals surface area (Å²) in [4.78, 5) is 0. The van der Waals surface area contributed by atoms with Gasteiger partial charge in [0.25, 0.3) is 0 Å². The lowest BCUT2D eigenvalue weighted by Crippen LogP contribution is -2.08. The first-order chi connectivity index (χ1) is 10.8. The summed E-state index contributed by atoms with van der Waals surface area (Å²) in [5.74, 6) is 1.24. The molecule has 2 heterocycles. The molecule has 1 aliphatic rings. The maximum absolute atomic E-state index is 5.00. The number of anilines is 1. The summed E-state index contributed by atoms with van der Waals surface area (Å²) in [6.45, 7) is 5.52. The Kier molecular flexibility index (Phi) is 4.81. The van der Waals surface area contributed by atoms with E-state index in [4.69, 9.17) is 5.10 Å². The van der Waals surface area contributed by atoms with Crippen molar-refractivity contribution in [3.63, 3.8) is 0 Å². The first kappa shape index (κ1) is 15.1. The molecule has 3 rings (SSSR count). The Labute approximate surface area is 133 Å². The summed E-state index contributed by atoms with van der Waals surface area (Å²) in [5, 5.41) is 8.64. The van der Waals surface area contributed by atoms with Gasteiger partial charge in [0.15, 0.2) is 0 Å². The van der Waals surface area contributed by atoms with Crippen molar-refractivity contribution in [2.45, 2.75) is 58.8 Å². The van der Waals surface area contributed by atoms with E-state index in [1.807, 2.05) is 0 Å². The van der Waals surface area contributed by atoms with E-state index in [0.717, 1.165) is 25.8 Å². The summed E-state index contributed by atoms with van der Waals surface area (Å²) in [7, 11) is 0. The standard InChI is InChI=1S/C19H27N3/c1-3-5-12-17-16-11-8-9-14-20-19(16)22(21-17)18-13-7-6-10-15(18)4-2/h6-7,10,13,20H,3-5,8-9,11-12,14H2,1-2H3. The van der Waals surface area contributed by atoms with Crippen molar-refractivity contribution in [1.82, 2.24) is 9.78 Å². The fourth-order valence-corrected chi connectivity index (χ4v) is 3.31. The molecule has 0 fully saturated rings. The van der Waals surface area contributed by atoms with Gasteiger partial charge in [0, 0.05) is 12.1 Å². The lowest BCUT2D eigenvalue weighted by Gasteiger charge is -2.12. The minimum absolute atomic E-state index is 1.04. The van der Waals surface area contributed by atoms with Crippen molar-refractivity contribution in [2.75, 3.05) is 11.9 Å². The van der Waals surface area contributed by atoms with Crippen molar-refractivity contribution in [2.24, 2.45) is 0 Å². The van der Waals surface area contributed by atoms with E-state index in [0.29, 0.717) is 0 Å². The van der Waals surface area contributed by atoms with Gasteiger partial charge < -0.3 is 5.32 Å². The maximum atomic E-state index is 5.00. The number of aromatic nitrogens is 2. The number of hydrogen-bond acceptors (Lipinski definition) is 2. The number of rotatable bonds is 5. The Morgan fingerprint density at radius 2 is 2.05 bits per heavy atom. The average molecular weight is 297 g/mol. The van der Waals surface area contributed by atoms with Gasteiger partial charge in [0.2, 0.25) is 0 Å². The molecule has 0 radical (unpaired) electrons. The molecule has 1 N–H and O–H groups in total. The van der Waals surface area contributed by atoms with Gasteiger partial charge in [-0.05, 0) is 50.2 Å². The van der Waals surface area contributed by atoms with Crippen LogP contribution in [0.4, 0.5) is 5.82 Å². The second-order valence-corrected chi connectivity index (χ2v) is 6.16. The van der Waals surface area contributed by atoms with Crippen LogP contribution in [0.15, 0.2) is 24.3 Å². The van der Waals surface area contributed by atoms with Crippen molar-refractivity contribution in [1.29, 1.82) is 0 Å². The Bertz CT molecular complexity index is 628. The highest BCUT2D eigenvalue weighted by Gasteiger charge is 2.20. The molecule has 3 heteroatoms. The van der Waals surface area contributed by atoms with Gasteiger partial charge in [0.05, 0.1) is 11.4 Å². The zero-order valence-corrected chi connectivity index (χ0v) is 13.9. The fourth-order valence-electron chi connectivity index (χ4n) is 3.31. The predicted octanol–water partition coefficient (Wildman–Crippen LogP) is 4.53. The normalized spacial score (nSPS) is 14.3. The van der Waals surface area contributed by atoms with Crippen LogP contribution in [0.5, 0.6) is 0 Å². The summed E-state index contributed by atoms with van der Waals surface area (Å²) in [6.07, 6.45) is 8.25. The topological polar surface area (TPSA) is 29.9 Å². The summed E-state index contributed by atoms with van der Waals surface area (Å²) in [6, 6.07) is 8.65. The van der Waals surface area contributed by atoms with Gasteiger partial charge in [-0.2, -0.15) is 5.10 Å². The number of hydrogen-bond donors (Lipinski definition) is 1. The number of nitrogens with zero attached hydrogens (tertiary/aromatic N) is 2. The van der Waals surface area contributed by atoms with Crippen LogP contribution in [0, 0.1) is 0 Å². The molecule has 0 saturated carbocycles. The first-order valence-corrected chi connectivity index (χ1v) is 8.78. The van der Waals surface area contributed by atoms with Crippen LogP contribution in [-0.2, 0) is 19.3 Å². The van der Waals surface area contributed by atoms with Gasteiger partial charge >= 0.3 is 0 Å². The lowest BCUT2D eigenvalue weighted by molar-refractivity contribution is 0.726. The molecule has 22 heavy (non-hydrogen) atoms. The Morgan fingerprint density at radius 1 is 1.18 bits per heavy atom. The number of benzene rings is 1. The molecule has 0 amide bonds. The molecular formula is C19H27N3. The monoisotopic (exact) mass is 297 g/mol. The quantitative estimate of drug-likeness (QED) is 0.879. The Morgan fingerprint density at radius 3 is 2.86 bits per heavy atom. The minimum atomic E-state index is 1.04. The molecule has 3 nitrogen and oxygen atoms in total. The van der Waals surface area contributed by atoms with Crippen molar-refractivity contribution >= 4 is 5.82 Å². The van der Waals surface area contributed by atoms with E-state index in [1.165, 1.54) is 54.0 Å². The van der Waals surface area contributed by atoms with Crippen LogP contribution >= 0.6 is 0 Å². The first-order valence-electron chi connectivity index (χ1n) is 8.78. The van der Waals surface area contributed by atoms with Gasteiger partial charge in [-0.1, -0.05) is 38.5 Å². The summed E-state index contributed by atoms with van der Waals surface area (Å²) < 4.78 is 2.17. The van der Waals surface area contributed by atoms with Crippen LogP contribution < -0.4 is 5.32 Å². The molecule has 1 aliphatic heterocycles. The molecule has 0 unspecified atom stereocenters. The van der Waals surface area contributed by atoms with Gasteiger partial charge in [-0.25, -0.2) is 4.68 Å². The van der Waals surface area contributed by atoms with Crippen molar-refractivity contribution in [3.05, 3.63) is 41.1 Å². The van der Waals surface area contributed by atoms with Gasteiger partial charge in [-0.15, -0.1) is 0 Å². The molecule has 0 aliphatic carbocycles. The lowest BCUT2D eigenvalue weighted by atomic mass is 10.1. The highest BCUT2D eigenvalue weighted by molar-refractivity contribution is 5.56. The molecule has 0 atom stereocenters. The third-order valence-corrected chi connectivity index (χ3v) is 4.58. The number of aryl methyl sites for hydroxylation is 2. The number of unbranched alkanes of at least 4 members (excludes halogenated alkanes) is 1. The van der Waals surface area contributed by atoms with Gasteiger partial charge in [0.1, 0.15) is 5.82 Å². The Balaban J connectivity index is 2.08. The molecule has 1 aromatic carbocycles. The second kappa shape index (κ2) is 6.99. The minimum Gasteiger partial charge on any atom is -0.370 e. The molecular weight excluding hydrogens is 270 g/mol. The SMILES string of the molecule is CCCCc1nn(-c2ccccc2CC)c2c1CCCCN2. The fraction of sp³-hybridized carbons (Fsp3) is 0.526. The van der Waals surface area contributed by atoms with E-state index in [2.05, 4.69) is 48.1 Å². The van der Waals surface area contributed by atoms with E-state index < -0.39 is 0 Å². The zero-order chi connectivity index (χ0) is 15.4. The molecule has 118 valence electrons. The van der Waals surface area contributed by atoms with E-state index >= 15 is 0 Å². The van der Waals surface area contributed by atoms with Crippen LogP contribution in [0.25, 0.3) is 5.69 Å². The predicted molar refractivity (Wildman–Crippen MR) is 93.0 cm³/mol. The Hall–Kier alpha value is -1.77. The summed E-state index contributed by atoms with van der Waals surface area (Å²) >= 11 is 0. The smallest absolute Gasteiger partial charge is 0.133 e. The van der Waals surface area contributed by atoms with E-state index in [1.54, 1.807) is 0 Å². The van der Waals surface area contributed by atoms with Gasteiger partial charge in [-0.3, -0.25) is 0 Å². The van der Waals surface area contributed by atoms with Crippen LogP contribution in [0.2, 0.25) is 0 Å². The third kappa shape index (κ3) is 2.90. The third-order valence-electron chi connectivity index (χ3n) is 4.58. The number of para-hydroxylation sites is 1. The maximum Gasteiger partial charge on any atom is 0.133 e. The van der Waals surface area contributed by atoms with E-state index in [-0.39, 0.29) is 0 Å². The zero-order valence-electron chi connectivity index (χ0n) is 13.9. The van der Waals surface area contributed by atoms with Crippen LogP contribution in [-0.4, -0.2) is 16.3 Å². The highest BCUT2D eigenvalue weighted by Crippen LogP contribution is 2.30. The summed E-state index contributed by atoms with van der Waals surface area (Å²) in [5.41, 5.74) is 5.35. The van der Waals surface area contributed by atoms with Crippen molar-refractivity contribution < 1.29 is 0 Å². The highest BCUT2D eigenvalue weighted by atomic mass is 15.3. The number of fused-ring (bicyclic) bond motifs is 1. The van der Waals surface area contributed by atoms with Crippen LogP contribution in [0.1, 0.15) is 56.4 Å². The number of nitrogens with one attached hydrogen (secondary N) is 1. The molecule has 0 spiro atoms. The molecule has 0 saturated heterocycles. The average Bonchev–Trinajstić information content (AvgIpc) is 2.73. The van der Waals surface area contributed by atoms with Crippen molar-refractivity contribution in [3.8, 4) is 5.69 Å². The second-order valence-electron chi connectivity index (χ2n) is 6.16. The molecule has 2 aromatic rings. The molecule has 1 aromatic heterocycles. The largest absolute Gasteiger partial charge is 0.370 e. The van der Waals surface area contributed by atoms with Crippen LogP contribution in [0.3, 0.4) is 0 Å². The van der Waals surface area contributed by atoms with E-state index in [9.17, 15) is 0 Å². The molecule has 0 bridgehead atoms.